The Morgan fingerprint density at radius 3 is 2.40 bits per heavy atom. The summed E-state index contributed by atoms with van der Waals surface area (Å²) in [5.41, 5.74) is 2.51. The van der Waals surface area contributed by atoms with Crippen molar-refractivity contribution in [3.05, 3.63) is 52.5 Å². The van der Waals surface area contributed by atoms with Crippen LogP contribution in [0.1, 0.15) is 36.7 Å². The lowest BCUT2D eigenvalue weighted by Gasteiger charge is -2.24. The molecule has 160 valence electrons. The molecule has 0 saturated heterocycles. The van der Waals surface area contributed by atoms with E-state index in [0.29, 0.717) is 17.1 Å². The molecule has 3 rings (SSSR count). The van der Waals surface area contributed by atoms with Crippen LogP contribution in [0.2, 0.25) is 5.02 Å². The van der Waals surface area contributed by atoms with Crippen molar-refractivity contribution >= 4 is 56.0 Å². The zero-order valence-corrected chi connectivity index (χ0v) is 20.3. The fraction of sp³-hybridized carbons (Fsp3) is 0.391. The molecule has 0 N–H and O–H groups in total. The third-order valence-corrected chi connectivity index (χ3v) is 7.51. The van der Waals surface area contributed by atoms with Crippen molar-refractivity contribution in [2.45, 2.75) is 32.6 Å². The molecule has 7 heteroatoms. The van der Waals surface area contributed by atoms with Crippen LogP contribution in [-0.2, 0) is 0 Å². The lowest BCUT2D eigenvalue weighted by Crippen LogP contribution is -2.38. The van der Waals surface area contributed by atoms with Crippen LogP contribution in [0.15, 0.2) is 41.3 Å². The number of thiazole rings is 1. The summed E-state index contributed by atoms with van der Waals surface area (Å²) in [6.07, 6.45) is 0. The molecule has 1 heterocycles. The summed E-state index contributed by atoms with van der Waals surface area (Å²) in [4.78, 5) is 23.6. The highest BCUT2D eigenvalue weighted by molar-refractivity contribution is 7.99. The van der Waals surface area contributed by atoms with Gasteiger partial charge in [-0.05, 0) is 67.7 Å². The molecule has 0 radical (unpaired) electrons. The van der Waals surface area contributed by atoms with Gasteiger partial charge < -0.3 is 4.90 Å². The molecule has 3 aromatic rings. The molecule has 0 aliphatic carbocycles. The highest BCUT2D eigenvalue weighted by Crippen LogP contribution is 2.34. The first kappa shape index (κ1) is 23.1. The molecule has 0 spiro atoms. The molecular weight excluding hydrogens is 434 g/mol. The molecule has 0 atom stereocenters. The molecule has 1 aromatic heterocycles. The zero-order valence-electron chi connectivity index (χ0n) is 17.9. The number of benzene rings is 2. The standard InChI is InChI=1S/C23H28ClN3OS2/c1-5-26(6-2)14-15-27(22(28)17-8-10-18(11-9-17)29-7-3)23-25-21-16(4)19(24)12-13-20(21)30-23/h8-13H,5-7,14-15H2,1-4H3. The second kappa shape index (κ2) is 10.6. The number of hydrogen-bond acceptors (Lipinski definition) is 5. The van der Waals surface area contributed by atoms with Crippen molar-refractivity contribution < 1.29 is 4.79 Å². The monoisotopic (exact) mass is 461 g/mol. The van der Waals surface area contributed by atoms with Crippen LogP contribution in [0.3, 0.4) is 0 Å². The van der Waals surface area contributed by atoms with Crippen molar-refractivity contribution in [1.82, 2.24) is 9.88 Å². The fourth-order valence-electron chi connectivity index (χ4n) is 3.29. The van der Waals surface area contributed by atoms with Gasteiger partial charge in [0.2, 0.25) is 0 Å². The largest absolute Gasteiger partial charge is 0.302 e. The Kier molecular flexibility index (Phi) is 8.17. The van der Waals surface area contributed by atoms with Crippen molar-refractivity contribution in [1.29, 1.82) is 0 Å². The summed E-state index contributed by atoms with van der Waals surface area (Å²) in [5.74, 6) is 0.995. The summed E-state index contributed by atoms with van der Waals surface area (Å²) >= 11 is 9.61. The fourth-order valence-corrected chi connectivity index (χ4v) is 5.15. The number of thioether (sulfide) groups is 1. The highest BCUT2D eigenvalue weighted by atomic mass is 35.5. The number of nitrogens with zero attached hydrogens (tertiary/aromatic N) is 3. The average Bonchev–Trinajstić information content (AvgIpc) is 3.19. The first-order valence-electron chi connectivity index (χ1n) is 10.3. The molecular formula is C23H28ClN3OS2. The van der Waals surface area contributed by atoms with Gasteiger partial charge in [0.15, 0.2) is 5.13 Å². The molecule has 30 heavy (non-hydrogen) atoms. The number of rotatable bonds is 9. The van der Waals surface area contributed by atoms with Crippen molar-refractivity contribution in [2.75, 3.05) is 36.8 Å². The van der Waals surface area contributed by atoms with Gasteiger partial charge in [0.1, 0.15) is 0 Å². The molecule has 0 aliphatic heterocycles. The van der Waals surface area contributed by atoms with E-state index in [0.717, 1.165) is 46.3 Å². The molecule has 0 unspecified atom stereocenters. The SMILES string of the molecule is CCSc1ccc(C(=O)N(CCN(CC)CC)c2nc3c(C)c(Cl)ccc3s2)cc1. The summed E-state index contributed by atoms with van der Waals surface area (Å²) in [7, 11) is 0. The maximum Gasteiger partial charge on any atom is 0.260 e. The Morgan fingerprint density at radius 2 is 1.77 bits per heavy atom. The lowest BCUT2D eigenvalue weighted by molar-refractivity contribution is 0.0983. The summed E-state index contributed by atoms with van der Waals surface area (Å²) in [6.45, 7) is 11.7. The smallest absolute Gasteiger partial charge is 0.260 e. The van der Waals surface area contributed by atoms with Gasteiger partial charge in [-0.1, -0.05) is 43.7 Å². The average molecular weight is 462 g/mol. The second-order valence-electron chi connectivity index (χ2n) is 6.96. The van der Waals surface area contributed by atoms with E-state index in [-0.39, 0.29) is 5.91 Å². The van der Waals surface area contributed by atoms with Crippen LogP contribution < -0.4 is 4.90 Å². The van der Waals surface area contributed by atoms with E-state index in [1.807, 2.05) is 48.2 Å². The van der Waals surface area contributed by atoms with E-state index >= 15 is 0 Å². The maximum absolute atomic E-state index is 13.5. The summed E-state index contributed by atoms with van der Waals surface area (Å²) < 4.78 is 1.04. The van der Waals surface area contributed by atoms with E-state index in [4.69, 9.17) is 16.6 Å². The van der Waals surface area contributed by atoms with Crippen LogP contribution in [0, 0.1) is 6.92 Å². The van der Waals surface area contributed by atoms with E-state index in [1.54, 1.807) is 23.1 Å². The number of fused-ring (bicyclic) bond motifs is 1. The Labute approximate surface area is 192 Å². The summed E-state index contributed by atoms with van der Waals surface area (Å²) in [5, 5.41) is 1.42. The second-order valence-corrected chi connectivity index (χ2v) is 9.71. The van der Waals surface area contributed by atoms with Gasteiger partial charge >= 0.3 is 0 Å². The minimum absolute atomic E-state index is 0.0157. The number of halogens is 1. The Hall–Kier alpha value is -1.60. The maximum atomic E-state index is 13.5. The summed E-state index contributed by atoms with van der Waals surface area (Å²) in [6, 6.07) is 11.8. The number of likely N-dealkylation sites (N-methyl/N-ethyl adjacent to an activating group) is 1. The number of hydrogen-bond donors (Lipinski definition) is 0. The third kappa shape index (κ3) is 5.17. The van der Waals surface area contributed by atoms with Crippen LogP contribution in [0.4, 0.5) is 5.13 Å². The molecule has 0 bridgehead atoms. The van der Waals surface area contributed by atoms with E-state index in [2.05, 4.69) is 25.7 Å². The molecule has 4 nitrogen and oxygen atoms in total. The molecule has 0 aliphatic rings. The van der Waals surface area contributed by atoms with E-state index in [9.17, 15) is 4.79 Å². The van der Waals surface area contributed by atoms with Crippen LogP contribution in [0.5, 0.6) is 0 Å². The van der Waals surface area contributed by atoms with Gasteiger partial charge in [-0.15, -0.1) is 11.8 Å². The first-order valence-corrected chi connectivity index (χ1v) is 12.5. The van der Waals surface area contributed by atoms with Gasteiger partial charge in [0, 0.05) is 28.6 Å². The van der Waals surface area contributed by atoms with Crippen LogP contribution >= 0.6 is 34.7 Å². The van der Waals surface area contributed by atoms with E-state index < -0.39 is 0 Å². The Balaban J connectivity index is 1.95. The van der Waals surface area contributed by atoms with Gasteiger partial charge in [-0.25, -0.2) is 4.98 Å². The van der Waals surface area contributed by atoms with Gasteiger partial charge in [0.05, 0.1) is 10.2 Å². The third-order valence-electron chi connectivity index (χ3n) is 5.16. The van der Waals surface area contributed by atoms with Gasteiger partial charge in [-0.3, -0.25) is 9.69 Å². The minimum atomic E-state index is -0.0157. The normalized spacial score (nSPS) is 11.4. The number of aromatic nitrogens is 1. The molecule has 0 saturated carbocycles. The number of carbonyl (C=O) groups is 1. The Bertz CT molecular complexity index is 1000. The van der Waals surface area contributed by atoms with Crippen molar-refractivity contribution in [2.24, 2.45) is 0 Å². The highest BCUT2D eigenvalue weighted by Gasteiger charge is 2.22. The quantitative estimate of drug-likeness (QED) is 0.347. The van der Waals surface area contributed by atoms with Crippen LogP contribution in [0.25, 0.3) is 10.2 Å². The molecule has 0 fully saturated rings. The zero-order chi connectivity index (χ0) is 21.7. The molecule has 1 amide bonds. The minimum Gasteiger partial charge on any atom is -0.302 e. The number of aryl methyl sites for hydroxylation is 1. The predicted molar refractivity (Wildman–Crippen MR) is 132 cm³/mol. The van der Waals surface area contributed by atoms with Gasteiger partial charge in [0.25, 0.3) is 5.91 Å². The number of amides is 1. The molecule has 2 aromatic carbocycles. The Morgan fingerprint density at radius 1 is 1.07 bits per heavy atom. The topological polar surface area (TPSA) is 36.4 Å². The van der Waals surface area contributed by atoms with Crippen LogP contribution in [-0.4, -0.2) is 47.7 Å². The number of anilines is 1. The van der Waals surface area contributed by atoms with E-state index in [1.165, 1.54) is 4.90 Å². The lowest BCUT2D eigenvalue weighted by atomic mass is 10.2. The van der Waals surface area contributed by atoms with Crippen molar-refractivity contribution in [3.8, 4) is 0 Å². The first-order chi connectivity index (χ1) is 14.5. The van der Waals surface area contributed by atoms with Crippen molar-refractivity contribution in [3.63, 3.8) is 0 Å². The van der Waals surface area contributed by atoms with Gasteiger partial charge in [-0.2, -0.15) is 0 Å². The number of carbonyl (C=O) groups excluding carboxylic acids is 1. The predicted octanol–water partition coefficient (Wildman–Crippen LogP) is 6.36.